The highest BCUT2D eigenvalue weighted by atomic mass is 35.5. The van der Waals surface area contributed by atoms with E-state index >= 15 is 0 Å². The van der Waals surface area contributed by atoms with E-state index in [1.54, 1.807) is 25.1 Å². The number of hydrogen-bond acceptors (Lipinski definition) is 7. The fourth-order valence-corrected chi connectivity index (χ4v) is 5.10. The number of esters is 1. The standard InChI is InChI=1S/C36H52ClNO7/c1-6-8-9-10-11-12-13-14-15-16-17-28(45-27-19-21-32(39)29(23-27)36(3,4)5)25-44-35(42)26-18-20-30(37)31(22-26)38-33(43-7-2)24-34(40)41/h18-24,28,38-39H,6-17,25H2,1-5H3,(H,40,41)/b33-24-. The van der Waals surface area contributed by atoms with Crippen LogP contribution < -0.4 is 10.1 Å². The van der Waals surface area contributed by atoms with Gasteiger partial charge in [-0.2, -0.15) is 0 Å². The van der Waals surface area contributed by atoms with Gasteiger partial charge in [-0.25, -0.2) is 9.59 Å². The van der Waals surface area contributed by atoms with Crippen molar-refractivity contribution in [3.05, 3.63) is 64.5 Å². The second-order valence-electron chi connectivity index (χ2n) is 12.3. The number of unbranched alkanes of at least 4 members (excludes halogenated alkanes) is 9. The van der Waals surface area contributed by atoms with E-state index in [4.69, 9.17) is 30.9 Å². The summed E-state index contributed by atoms with van der Waals surface area (Å²) in [5.74, 6) is -0.934. The van der Waals surface area contributed by atoms with E-state index in [9.17, 15) is 14.7 Å². The van der Waals surface area contributed by atoms with Crippen LogP contribution >= 0.6 is 11.6 Å². The van der Waals surface area contributed by atoms with E-state index in [1.807, 2.05) is 26.8 Å². The van der Waals surface area contributed by atoms with Gasteiger partial charge in [0.15, 0.2) is 5.88 Å². The number of rotatable bonds is 21. The Morgan fingerprint density at radius 1 is 0.911 bits per heavy atom. The van der Waals surface area contributed by atoms with Gasteiger partial charge in [0, 0.05) is 5.56 Å². The minimum absolute atomic E-state index is 0.00843. The van der Waals surface area contributed by atoms with Crippen molar-refractivity contribution >= 4 is 29.2 Å². The number of phenols is 1. The summed E-state index contributed by atoms with van der Waals surface area (Å²) in [6.07, 6.45) is 13.4. The molecule has 0 aliphatic heterocycles. The first kappa shape index (κ1) is 37.8. The van der Waals surface area contributed by atoms with Gasteiger partial charge >= 0.3 is 11.9 Å². The highest BCUT2D eigenvalue weighted by Crippen LogP contribution is 2.34. The maximum atomic E-state index is 13.1. The minimum Gasteiger partial charge on any atom is -0.508 e. The van der Waals surface area contributed by atoms with Gasteiger partial charge < -0.3 is 29.7 Å². The Morgan fingerprint density at radius 2 is 1.56 bits per heavy atom. The number of hydrogen-bond donors (Lipinski definition) is 3. The third-order valence-corrected chi connectivity index (χ3v) is 7.70. The van der Waals surface area contributed by atoms with Gasteiger partial charge in [0.2, 0.25) is 0 Å². The molecule has 0 fully saturated rings. The number of carbonyl (C=O) groups is 2. The van der Waals surface area contributed by atoms with Crippen molar-refractivity contribution in [3.8, 4) is 11.5 Å². The van der Waals surface area contributed by atoms with E-state index < -0.39 is 11.9 Å². The predicted molar refractivity (Wildman–Crippen MR) is 180 cm³/mol. The van der Waals surface area contributed by atoms with Crippen molar-refractivity contribution in [2.75, 3.05) is 18.5 Å². The van der Waals surface area contributed by atoms with Gasteiger partial charge in [-0.1, -0.05) is 97.1 Å². The fraction of sp³-hybridized carbons (Fsp3) is 0.556. The minimum atomic E-state index is -1.19. The van der Waals surface area contributed by atoms with Crippen LogP contribution in [0, 0.1) is 0 Å². The van der Waals surface area contributed by atoms with Crippen LogP contribution in [-0.2, 0) is 19.7 Å². The number of aliphatic carboxylic acids is 1. The second-order valence-corrected chi connectivity index (χ2v) is 12.7. The van der Waals surface area contributed by atoms with Crippen LogP contribution in [-0.4, -0.2) is 41.5 Å². The van der Waals surface area contributed by atoms with Crippen LogP contribution in [0.2, 0.25) is 5.02 Å². The highest BCUT2D eigenvalue weighted by molar-refractivity contribution is 6.33. The molecule has 1 atom stereocenters. The van der Waals surface area contributed by atoms with Crippen molar-refractivity contribution in [1.82, 2.24) is 0 Å². The number of aromatic hydroxyl groups is 1. The number of halogens is 1. The monoisotopic (exact) mass is 645 g/mol. The van der Waals surface area contributed by atoms with Crippen molar-refractivity contribution in [1.29, 1.82) is 0 Å². The average Bonchev–Trinajstić information content (AvgIpc) is 2.97. The molecule has 3 N–H and O–H groups in total. The molecule has 0 heterocycles. The van der Waals surface area contributed by atoms with E-state index in [0.29, 0.717) is 17.9 Å². The van der Waals surface area contributed by atoms with E-state index in [1.165, 1.54) is 57.1 Å². The molecule has 0 aromatic heterocycles. The molecule has 0 aliphatic carbocycles. The van der Waals surface area contributed by atoms with E-state index in [-0.39, 0.29) is 47.0 Å². The zero-order valence-corrected chi connectivity index (χ0v) is 28.4. The van der Waals surface area contributed by atoms with Gasteiger partial charge in [0.1, 0.15) is 24.2 Å². The first-order chi connectivity index (χ1) is 21.4. The Labute approximate surface area is 274 Å². The lowest BCUT2D eigenvalue weighted by Gasteiger charge is -2.23. The van der Waals surface area contributed by atoms with E-state index in [0.717, 1.165) is 30.9 Å². The van der Waals surface area contributed by atoms with Gasteiger partial charge in [0.25, 0.3) is 0 Å². The van der Waals surface area contributed by atoms with Crippen molar-refractivity contribution in [2.45, 2.75) is 117 Å². The molecule has 0 amide bonds. The SMILES string of the molecule is CCCCCCCCCCCCC(COC(=O)c1ccc(Cl)c(N/C(=C/C(=O)O)OCC)c1)Oc1ccc(O)c(C(C)(C)C)c1. The van der Waals surface area contributed by atoms with E-state index in [2.05, 4.69) is 12.2 Å². The van der Waals surface area contributed by atoms with Crippen molar-refractivity contribution in [2.24, 2.45) is 0 Å². The molecule has 0 aliphatic rings. The predicted octanol–water partition coefficient (Wildman–Crippen LogP) is 9.63. The number of nitrogens with one attached hydrogen (secondary N) is 1. The molecule has 250 valence electrons. The molecular weight excluding hydrogens is 594 g/mol. The summed E-state index contributed by atoms with van der Waals surface area (Å²) in [4.78, 5) is 24.3. The van der Waals surface area contributed by atoms with Crippen LogP contribution in [0.1, 0.15) is 121 Å². The zero-order valence-electron chi connectivity index (χ0n) is 27.6. The quantitative estimate of drug-likeness (QED) is 0.0532. The summed E-state index contributed by atoms with van der Waals surface area (Å²) < 4.78 is 17.4. The molecule has 45 heavy (non-hydrogen) atoms. The van der Waals surface area contributed by atoms with Crippen LogP contribution in [0.5, 0.6) is 11.5 Å². The molecular formula is C36H52ClNO7. The maximum absolute atomic E-state index is 13.1. The van der Waals surface area contributed by atoms with Crippen molar-refractivity contribution < 1.29 is 34.0 Å². The molecule has 2 rings (SSSR count). The number of anilines is 1. The number of carboxylic acid groups (broad SMARTS) is 1. The molecule has 0 saturated heterocycles. The lowest BCUT2D eigenvalue weighted by molar-refractivity contribution is -0.131. The van der Waals surface area contributed by atoms with Gasteiger partial charge in [-0.3, -0.25) is 0 Å². The molecule has 0 bridgehead atoms. The summed E-state index contributed by atoms with van der Waals surface area (Å²) >= 11 is 6.30. The van der Waals surface area contributed by atoms with Crippen LogP contribution in [0.3, 0.4) is 0 Å². The lowest BCUT2D eigenvalue weighted by atomic mass is 9.86. The Bertz CT molecular complexity index is 1240. The van der Waals surface area contributed by atoms with Crippen LogP contribution in [0.4, 0.5) is 5.69 Å². The normalized spacial score (nSPS) is 12.4. The molecule has 9 heteroatoms. The second kappa shape index (κ2) is 19.9. The topological polar surface area (TPSA) is 114 Å². The Kier molecular flexibility index (Phi) is 16.7. The fourth-order valence-electron chi connectivity index (χ4n) is 4.93. The number of benzene rings is 2. The molecule has 1 unspecified atom stereocenters. The summed E-state index contributed by atoms with van der Waals surface area (Å²) in [6.45, 7) is 10.3. The summed E-state index contributed by atoms with van der Waals surface area (Å²) in [5.41, 5.74) is 1.05. The third-order valence-electron chi connectivity index (χ3n) is 7.37. The lowest BCUT2D eigenvalue weighted by Crippen LogP contribution is -2.25. The number of carbonyl (C=O) groups excluding carboxylic acids is 1. The van der Waals surface area contributed by atoms with Gasteiger partial charge in [-0.15, -0.1) is 0 Å². The average molecular weight is 646 g/mol. The van der Waals surface area contributed by atoms with Crippen LogP contribution in [0.25, 0.3) is 0 Å². The number of phenolic OH excluding ortho intramolecular Hbond substituents is 1. The molecule has 0 spiro atoms. The van der Waals surface area contributed by atoms with Gasteiger partial charge in [0.05, 0.1) is 29.0 Å². The molecule has 2 aromatic carbocycles. The number of ether oxygens (including phenoxy) is 3. The summed E-state index contributed by atoms with van der Waals surface area (Å²) in [6, 6.07) is 9.79. The van der Waals surface area contributed by atoms with Gasteiger partial charge in [-0.05, 0) is 61.6 Å². The smallest absolute Gasteiger partial charge is 0.338 e. The Balaban J connectivity index is 2.07. The molecule has 0 saturated carbocycles. The number of carboxylic acids is 1. The Morgan fingerprint density at radius 3 is 2.16 bits per heavy atom. The largest absolute Gasteiger partial charge is 0.508 e. The molecule has 8 nitrogen and oxygen atoms in total. The third kappa shape index (κ3) is 14.5. The zero-order chi connectivity index (χ0) is 33.2. The molecule has 2 aromatic rings. The Hall–Kier alpha value is -3.39. The van der Waals surface area contributed by atoms with Crippen LogP contribution in [0.15, 0.2) is 48.4 Å². The first-order valence-electron chi connectivity index (χ1n) is 16.3. The van der Waals surface area contributed by atoms with Crippen molar-refractivity contribution in [3.63, 3.8) is 0 Å². The molecule has 0 radical (unpaired) electrons. The first-order valence-corrected chi connectivity index (χ1v) is 16.6. The maximum Gasteiger partial charge on any atom is 0.338 e. The summed E-state index contributed by atoms with van der Waals surface area (Å²) in [7, 11) is 0. The summed E-state index contributed by atoms with van der Waals surface area (Å²) in [5, 5.41) is 22.6. The highest BCUT2D eigenvalue weighted by Gasteiger charge is 2.21.